The summed E-state index contributed by atoms with van der Waals surface area (Å²) in [5.74, 6) is 0.0422. The van der Waals surface area contributed by atoms with Crippen LogP contribution in [0.15, 0.2) is 65.0 Å². The molecule has 0 fully saturated rings. The van der Waals surface area contributed by atoms with E-state index in [0.717, 1.165) is 21.0 Å². The third-order valence-corrected chi connectivity index (χ3v) is 6.35. The van der Waals surface area contributed by atoms with Crippen LogP contribution in [-0.2, 0) is 4.74 Å². The summed E-state index contributed by atoms with van der Waals surface area (Å²) in [7, 11) is 1.94. The topological polar surface area (TPSA) is 104 Å². The first kappa shape index (κ1) is 24.6. The summed E-state index contributed by atoms with van der Waals surface area (Å²) in [5.41, 5.74) is 1.94. The molecular formula is C27H24N4O2S. The molecule has 7 heteroatoms. The van der Waals surface area contributed by atoms with E-state index in [0.29, 0.717) is 12.1 Å². The maximum absolute atomic E-state index is 9.64. The van der Waals surface area contributed by atoms with Gasteiger partial charge in [-0.2, -0.15) is 15.8 Å². The third kappa shape index (κ3) is 5.45. The highest BCUT2D eigenvalue weighted by Gasteiger charge is 2.38. The maximum atomic E-state index is 9.64. The largest absolute Gasteiger partial charge is 0.480 e. The smallest absolute Gasteiger partial charge is 0.172 e. The Kier molecular flexibility index (Phi) is 7.71. The molecule has 1 aliphatic heterocycles. The van der Waals surface area contributed by atoms with Crippen molar-refractivity contribution in [1.29, 1.82) is 15.8 Å². The van der Waals surface area contributed by atoms with Crippen LogP contribution in [0.2, 0.25) is 0 Å². The molecule has 0 unspecified atom stereocenters. The van der Waals surface area contributed by atoms with E-state index in [1.54, 1.807) is 37.3 Å². The molecule has 0 amide bonds. The lowest BCUT2D eigenvalue weighted by Crippen LogP contribution is -2.20. The quantitative estimate of drug-likeness (QED) is 0.554. The molecule has 3 rings (SSSR count). The zero-order valence-electron chi connectivity index (χ0n) is 19.2. The number of rotatable bonds is 7. The van der Waals surface area contributed by atoms with Crippen molar-refractivity contribution < 1.29 is 9.84 Å². The summed E-state index contributed by atoms with van der Waals surface area (Å²) in [6, 6.07) is 17.8. The van der Waals surface area contributed by atoms with E-state index in [1.165, 1.54) is 0 Å². The number of ether oxygens (including phenoxy) is 1. The van der Waals surface area contributed by atoms with E-state index in [-0.39, 0.29) is 23.5 Å². The van der Waals surface area contributed by atoms with Crippen LogP contribution in [0, 0.1) is 34.0 Å². The van der Waals surface area contributed by atoms with Gasteiger partial charge in [0.1, 0.15) is 29.4 Å². The number of nitrogens with zero attached hydrogens (tertiary/aromatic N) is 4. The van der Waals surface area contributed by atoms with Crippen molar-refractivity contribution in [3.63, 3.8) is 0 Å². The number of likely N-dealkylation sites (N-methyl/N-ethyl adjacent to an activating group) is 1. The molecule has 0 aliphatic carbocycles. The Morgan fingerprint density at radius 2 is 1.62 bits per heavy atom. The Labute approximate surface area is 203 Å². The first-order chi connectivity index (χ1) is 16.3. The molecule has 170 valence electrons. The Morgan fingerprint density at radius 3 is 2.18 bits per heavy atom. The summed E-state index contributed by atoms with van der Waals surface area (Å²) in [6.07, 6.45) is 7.82. The molecule has 6 nitrogen and oxygen atoms in total. The van der Waals surface area contributed by atoms with E-state index >= 15 is 0 Å². The fraction of sp³-hybridized carbons (Fsp3) is 0.222. The molecule has 0 bridgehead atoms. The Morgan fingerprint density at radius 1 is 1.00 bits per heavy atom. The predicted octanol–water partition coefficient (Wildman–Crippen LogP) is 5.29. The summed E-state index contributed by atoms with van der Waals surface area (Å²) in [5, 5.41) is 37.1. The molecule has 2 heterocycles. The van der Waals surface area contributed by atoms with Gasteiger partial charge in [-0.05, 0) is 55.8 Å². The molecule has 1 aromatic heterocycles. The Hall–Kier alpha value is -4.09. The summed E-state index contributed by atoms with van der Waals surface area (Å²) in [4.78, 5) is 4.07. The fourth-order valence-corrected chi connectivity index (χ4v) is 4.31. The number of anilines is 1. The van der Waals surface area contributed by atoms with Crippen LogP contribution in [0.5, 0.6) is 0 Å². The Balaban J connectivity index is 1.78. The van der Waals surface area contributed by atoms with Crippen LogP contribution < -0.4 is 4.90 Å². The molecule has 0 radical (unpaired) electrons. The average Bonchev–Trinajstić information content (AvgIpc) is 3.38. The van der Waals surface area contributed by atoms with Gasteiger partial charge >= 0.3 is 0 Å². The number of aliphatic hydroxyl groups excluding tert-OH is 1. The molecule has 1 N–H and O–H groups in total. The normalized spacial score (nSPS) is 14.7. The van der Waals surface area contributed by atoms with Gasteiger partial charge in [-0.25, -0.2) is 0 Å². The second-order valence-electron chi connectivity index (χ2n) is 8.08. The van der Waals surface area contributed by atoms with Gasteiger partial charge in [-0.15, -0.1) is 11.3 Å². The number of benzene rings is 1. The van der Waals surface area contributed by atoms with Crippen molar-refractivity contribution in [3.05, 3.63) is 80.3 Å². The molecular weight excluding hydrogens is 444 g/mol. The number of aliphatic hydroxyl groups is 1. The van der Waals surface area contributed by atoms with Crippen molar-refractivity contribution in [2.24, 2.45) is 0 Å². The summed E-state index contributed by atoms with van der Waals surface area (Å²) < 4.78 is 5.79. The minimum absolute atomic E-state index is 0.0422. The van der Waals surface area contributed by atoms with Crippen molar-refractivity contribution in [3.8, 4) is 18.2 Å². The predicted molar refractivity (Wildman–Crippen MR) is 135 cm³/mol. The van der Waals surface area contributed by atoms with Crippen LogP contribution in [0.4, 0.5) is 5.69 Å². The standard InChI is InChI=1S/C27H24N4O2S/c1-27(2)25(24(18-30)26(33-27)20(16-28)17-29)13-12-23-11-10-22(34-23)9-6-19-4-7-21(8-5-19)31(3)14-15-32/h4-13,32H,14-15H2,1-3H3/b9-6+,13-12+. The number of thiophene rings is 1. The van der Waals surface area contributed by atoms with Crippen molar-refractivity contribution in [2.45, 2.75) is 19.4 Å². The van der Waals surface area contributed by atoms with Gasteiger partial charge < -0.3 is 14.7 Å². The van der Waals surface area contributed by atoms with Gasteiger partial charge in [0.05, 0.1) is 6.61 Å². The molecule has 34 heavy (non-hydrogen) atoms. The third-order valence-electron chi connectivity index (χ3n) is 5.34. The lowest BCUT2D eigenvalue weighted by atomic mass is 9.94. The minimum Gasteiger partial charge on any atom is -0.480 e. The number of hydrogen-bond donors (Lipinski definition) is 1. The molecule has 0 saturated heterocycles. The lowest BCUT2D eigenvalue weighted by molar-refractivity contribution is 0.0954. The highest BCUT2D eigenvalue weighted by Crippen LogP contribution is 2.40. The first-order valence-corrected chi connectivity index (χ1v) is 11.4. The van der Waals surface area contributed by atoms with Crippen molar-refractivity contribution in [2.75, 3.05) is 25.1 Å². The van der Waals surface area contributed by atoms with E-state index in [1.807, 2.05) is 72.6 Å². The van der Waals surface area contributed by atoms with Crippen molar-refractivity contribution in [1.82, 2.24) is 0 Å². The lowest BCUT2D eigenvalue weighted by Gasteiger charge is -2.20. The molecule has 2 aromatic rings. The Bertz CT molecular complexity index is 1290. The van der Waals surface area contributed by atoms with E-state index in [2.05, 4.69) is 6.07 Å². The molecule has 0 atom stereocenters. The van der Waals surface area contributed by atoms with Gasteiger partial charge in [0.15, 0.2) is 11.3 Å². The van der Waals surface area contributed by atoms with Crippen LogP contribution in [0.1, 0.15) is 29.2 Å². The monoisotopic (exact) mass is 468 g/mol. The second kappa shape index (κ2) is 10.7. The summed E-state index contributed by atoms with van der Waals surface area (Å²) >= 11 is 1.60. The number of allylic oxidation sites excluding steroid dienone is 2. The second-order valence-corrected chi connectivity index (χ2v) is 9.23. The molecule has 0 saturated carbocycles. The fourth-order valence-electron chi connectivity index (χ4n) is 3.49. The number of hydrogen-bond acceptors (Lipinski definition) is 7. The molecule has 0 spiro atoms. The highest BCUT2D eigenvalue weighted by molar-refractivity contribution is 7.13. The maximum Gasteiger partial charge on any atom is 0.172 e. The van der Waals surface area contributed by atoms with E-state index in [9.17, 15) is 15.8 Å². The first-order valence-electron chi connectivity index (χ1n) is 10.6. The van der Waals surface area contributed by atoms with Gasteiger partial charge in [-0.1, -0.05) is 24.3 Å². The van der Waals surface area contributed by atoms with Gasteiger partial charge in [0.25, 0.3) is 0 Å². The van der Waals surface area contributed by atoms with E-state index in [4.69, 9.17) is 9.84 Å². The average molecular weight is 469 g/mol. The van der Waals surface area contributed by atoms with Crippen molar-refractivity contribution >= 4 is 35.3 Å². The van der Waals surface area contributed by atoms with Gasteiger partial charge in [0, 0.05) is 34.6 Å². The molecule has 1 aromatic carbocycles. The zero-order valence-corrected chi connectivity index (χ0v) is 20.1. The highest BCUT2D eigenvalue weighted by atomic mass is 32.1. The van der Waals surface area contributed by atoms with Crippen LogP contribution in [0.3, 0.4) is 0 Å². The zero-order chi connectivity index (χ0) is 24.7. The SMILES string of the molecule is CN(CCO)c1ccc(/C=C/c2ccc(/C=C/C3=C(C#N)C(=C(C#N)C#N)OC3(C)C)s2)cc1. The molecule has 1 aliphatic rings. The van der Waals surface area contributed by atoms with Crippen LogP contribution in [0.25, 0.3) is 18.2 Å². The van der Waals surface area contributed by atoms with Crippen LogP contribution in [-0.4, -0.2) is 30.9 Å². The van der Waals surface area contributed by atoms with Gasteiger partial charge in [0.2, 0.25) is 0 Å². The number of nitriles is 3. The summed E-state index contributed by atoms with van der Waals surface area (Å²) in [6.45, 7) is 4.31. The van der Waals surface area contributed by atoms with Crippen LogP contribution >= 0.6 is 11.3 Å². The minimum atomic E-state index is -0.826. The van der Waals surface area contributed by atoms with E-state index < -0.39 is 5.60 Å². The van der Waals surface area contributed by atoms with Gasteiger partial charge in [-0.3, -0.25) is 0 Å².